The fourth-order valence-corrected chi connectivity index (χ4v) is 13.1. The Morgan fingerprint density at radius 1 is 0.464 bits per heavy atom. The number of phenols is 1. The van der Waals surface area contributed by atoms with Gasteiger partial charge in [0.1, 0.15) is 84.3 Å². The highest BCUT2D eigenvalue weighted by molar-refractivity contribution is 7.80. The van der Waals surface area contributed by atoms with Crippen molar-refractivity contribution in [2.45, 2.75) is 216 Å². The number of hydrogen-bond acceptors (Lipinski definition) is 26. The molecule has 1 saturated heterocycles. The number of aliphatic hydroxyl groups is 2. The molecular weight excluding hydrogens is 1680 g/mol. The average molecular weight is 1800 g/mol. The van der Waals surface area contributed by atoms with E-state index < -0.39 is 284 Å². The molecule has 0 spiro atoms. The van der Waals surface area contributed by atoms with Gasteiger partial charge in [0.05, 0.1) is 32.3 Å². The fraction of sp³-hybridized carbons (Fsp3) is 0.584. The summed E-state index contributed by atoms with van der Waals surface area (Å²) < 4.78 is 0. The Bertz CT molecular complexity index is 4080. The van der Waals surface area contributed by atoms with Gasteiger partial charge in [-0.3, -0.25) is 92.3 Å². The van der Waals surface area contributed by atoms with Crippen molar-refractivity contribution < 1.29 is 112 Å². The molecule has 1 fully saturated rings. The van der Waals surface area contributed by atoms with Crippen LogP contribution in [-0.4, -0.2) is 290 Å². The minimum atomic E-state index is -1.93. The van der Waals surface area contributed by atoms with Gasteiger partial charge in [0.2, 0.25) is 94.5 Å². The molecule has 0 radical (unpaired) electrons. The van der Waals surface area contributed by atoms with Gasteiger partial charge in [-0.25, -0.2) is 4.79 Å². The third-order valence-corrected chi connectivity index (χ3v) is 20.5. The molecule has 0 aliphatic carbocycles. The number of hydrogen-bond donors (Lipinski definition) is 29. The number of carbonyl (C=O) groups excluding carboxylic acids is 16. The number of carbonyl (C=O) groups is 18. The van der Waals surface area contributed by atoms with Crippen LogP contribution >= 0.6 is 25.3 Å². The average Bonchev–Trinajstić information content (AvgIpc) is 1.66. The monoisotopic (exact) mass is 1800 g/mol. The Hall–Kier alpha value is -12.2. The first-order valence-electron chi connectivity index (χ1n) is 40.3. The van der Waals surface area contributed by atoms with Crippen molar-refractivity contribution in [1.29, 1.82) is 10.8 Å². The number of primary amides is 1. The maximum atomic E-state index is 14.4. The molecule has 2 aromatic carbocycles. The molecule has 694 valence electrons. The molecule has 16 atom stereocenters. The summed E-state index contributed by atoms with van der Waals surface area (Å²) >= 11 is 8.34. The lowest BCUT2D eigenvalue weighted by Gasteiger charge is -2.34. The van der Waals surface area contributed by atoms with Crippen LogP contribution in [0.4, 0.5) is 0 Å². The van der Waals surface area contributed by atoms with Crippen LogP contribution in [0.2, 0.25) is 0 Å². The zero-order chi connectivity index (χ0) is 94.1. The molecule has 1 aliphatic rings. The van der Waals surface area contributed by atoms with E-state index in [1.54, 1.807) is 65.0 Å². The summed E-state index contributed by atoms with van der Waals surface area (Å²) in [6.45, 7) is 7.10. The predicted molar refractivity (Wildman–Crippen MR) is 456 cm³/mol. The molecule has 0 aromatic heterocycles. The summed E-state index contributed by atoms with van der Waals surface area (Å²) in [5.74, 6) is -22.9. The van der Waals surface area contributed by atoms with Crippen molar-refractivity contribution in [3.8, 4) is 5.75 Å². The minimum Gasteiger partial charge on any atom is -0.508 e. The van der Waals surface area contributed by atoms with Crippen molar-refractivity contribution in [3.05, 3.63) is 65.7 Å². The largest absolute Gasteiger partial charge is 0.508 e. The number of nitrogens with zero attached hydrogens (tertiary/aromatic N) is 1. The second-order valence-corrected chi connectivity index (χ2v) is 31.2. The third-order valence-electron chi connectivity index (χ3n) is 19.8. The number of aliphatic hydroxyl groups excluding tert-OH is 2. The first-order valence-corrected chi connectivity index (χ1v) is 41.6. The van der Waals surface area contributed by atoms with Crippen LogP contribution in [-0.2, 0) is 99.1 Å². The van der Waals surface area contributed by atoms with Crippen LogP contribution in [0.25, 0.3) is 0 Å². The molecule has 1 heterocycles. The minimum absolute atomic E-state index is 0.0394. The molecule has 125 heavy (non-hydrogen) atoms. The second-order valence-electron chi connectivity index (χ2n) is 30.4. The molecule has 0 bridgehead atoms. The molecule has 46 nitrogen and oxygen atoms in total. The first kappa shape index (κ1) is 107. The molecule has 16 amide bonds. The van der Waals surface area contributed by atoms with Crippen LogP contribution in [0.15, 0.2) is 54.6 Å². The number of aliphatic carboxylic acids is 2. The third kappa shape index (κ3) is 37.4. The molecular formula is C77H121N23O23S2. The number of phenolic OH excluding ortho intramolecular Hbond substituents is 1. The van der Waals surface area contributed by atoms with Crippen molar-refractivity contribution in [1.82, 2.24) is 90.0 Å². The van der Waals surface area contributed by atoms with Gasteiger partial charge in [-0.2, -0.15) is 25.3 Å². The van der Waals surface area contributed by atoms with E-state index in [1.165, 1.54) is 43.0 Å². The van der Waals surface area contributed by atoms with Crippen LogP contribution in [0, 0.1) is 28.6 Å². The lowest BCUT2D eigenvalue weighted by molar-refractivity contribution is -0.142. The number of aromatic hydroxyl groups is 1. The normalized spacial score (nSPS) is 16.3. The summed E-state index contributed by atoms with van der Waals surface area (Å²) in [4.78, 5) is 245. The van der Waals surface area contributed by atoms with E-state index >= 15 is 0 Å². The Morgan fingerprint density at radius 2 is 0.848 bits per heavy atom. The number of benzene rings is 2. The number of guanidine groups is 2. The van der Waals surface area contributed by atoms with Gasteiger partial charge < -0.3 is 138 Å². The predicted octanol–water partition coefficient (Wildman–Crippen LogP) is -8.51. The number of nitrogens with one attached hydrogen (secondary N) is 18. The van der Waals surface area contributed by atoms with E-state index in [2.05, 4.69) is 110 Å². The SMILES string of the molecule is CC[C@H](C)[C@H](NC(=O)[C@H](CCCNC(=N)N)N1C(=O)C(N)CC1C)C(=O)N[C@H](C(=O)NC(CCC(N)=O)C(=O)N[C@@H](CS)C(=O)NC(CCCNC(=N)N)C(=O)N[C@@H](CO)C(=O)N[C@H](C(=O)N[C@@H](CCC(=O)O)C(=O)NCC(=O)NC(CO)C(=O)N[C@@H](CS)C(=O)NCC(=O)N[C@@H](Cc1ccccc1)C(=O)N[C@@H](Cc1ccc(O)cc1)C(=O)O)C(C)C)C(C)C. The molecule has 1 aliphatic heterocycles. The standard InChI is InChI=1S/C77H121N23O23S2/c1-8-39(6)61(99-70(117)54(17-13-27-85-77(82)83)100-40(7)28-44(78)74(100)121)73(120)98-60(38(4)5)72(119)92-47(22-24-55(79)104)65(112)96-53(36-125)69(116)90-45(16-12-26-84-76(80)81)64(111)94-51(34-102)68(115)97-59(37(2)3)71(118)91-46(23-25-58(107)108)62(109)86-32-57(106)89-50(33-101)67(114)95-52(35-124)63(110)87-31-56(105)88-48(29-41-14-10-9-11-15-41)66(113)93-49(75(122)123)30-42-18-20-43(103)21-19-42/h9-11,14-15,18-21,37-40,44-54,59-61,101-103,124-125H,8,12-13,16-17,22-36,78H2,1-7H3,(H2,79,104)(H,86,109)(H,87,110)(H,88,105)(H,89,106)(H,90,116)(H,91,118)(H,92,119)(H,93,113)(H,94,111)(H,95,114)(H,96,112)(H,97,115)(H,98,120)(H,99,117)(H,107,108)(H,122,123)(H4,80,81,84)(H4,82,83,85)/t39-,40?,44?,45?,46-,47?,48-,49-,50?,51-,52-,53-,54-,59-,60-,61-/m0/s1. The second kappa shape index (κ2) is 54.4. The lowest BCUT2D eigenvalue weighted by atomic mass is 9.95. The molecule has 31 N–H and O–H groups in total. The Morgan fingerprint density at radius 3 is 1.32 bits per heavy atom. The lowest BCUT2D eigenvalue weighted by Crippen LogP contribution is -2.62. The van der Waals surface area contributed by atoms with E-state index in [0.29, 0.717) is 17.5 Å². The van der Waals surface area contributed by atoms with Gasteiger partial charge in [0.25, 0.3) is 0 Å². The topological polar surface area (TPSA) is 756 Å². The number of carboxylic acids is 2. The maximum absolute atomic E-state index is 14.4. The van der Waals surface area contributed by atoms with Crippen molar-refractivity contribution in [3.63, 3.8) is 0 Å². The quantitative estimate of drug-likeness (QED) is 0.0127. The summed E-state index contributed by atoms with van der Waals surface area (Å²) in [6.07, 6.45) is -2.17. The van der Waals surface area contributed by atoms with Crippen LogP contribution < -0.4 is 108 Å². The summed E-state index contributed by atoms with van der Waals surface area (Å²) in [7, 11) is 0. The van der Waals surface area contributed by atoms with Gasteiger partial charge in [0.15, 0.2) is 11.9 Å². The van der Waals surface area contributed by atoms with Crippen molar-refractivity contribution in [2.24, 2.45) is 40.7 Å². The van der Waals surface area contributed by atoms with E-state index in [4.69, 9.17) is 33.8 Å². The van der Waals surface area contributed by atoms with E-state index in [1.807, 2.05) is 0 Å². The number of nitrogens with two attached hydrogens (primary N) is 4. The Kier molecular flexibility index (Phi) is 46.6. The van der Waals surface area contributed by atoms with Gasteiger partial charge in [-0.15, -0.1) is 0 Å². The van der Waals surface area contributed by atoms with Gasteiger partial charge in [-0.1, -0.05) is 90.4 Å². The molecule has 0 saturated carbocycles. The van der Waals surface area contributed by atoms with Crippen molar-refractivity contribution >= 4 is 144 Å². The van der Waals surface area contributed by atoms with Crippen LogP contribution in [0.5, 0.6) is 5.75 Å². The fourth-order valence-electron chi connectivity index (χ4n) is 12.6. The highest BCUT2D eigenvalue weighted by Crippen LogP contribution is 2.25. The Balaban J connectivity index is 1.75. The number of carboxylic acid groups (broad SMARTS) is 2. The summed E-state index contributed by atoms with van der Waals surface area (Å²) in [6, 6.07) is -7.96. The van der Waals surface area contributed by atoms with Gasteiger partial charge in [-0.05, 0) is 92.9 Å². The van der Waals surface area contributed by atoms with E-state index in [0.717, 1.165) is 0 Å². The van der Waals surface area contributed by atoms with Crippen LogP contribution in [0.3, 0.4) is 0 Å². The van der Waals surface area contributed by atoms with Crippen molar-refractivity contribution in [2.75, 3.05) is 50.9 Å². The summed E-state index contributed by atoms with van der Waals surface area (Å²) in [5.41, 5.74) is 23.5. The van der Waals surface area contributed by atoms with Gasteiger partial charge >= 0.3 is 11.9 Å². The zero-order valence-electron chi connectivity index (χ0n) is 70.5. The molecule has 3 rings (SSSR count). The van der Waals surface area contributed by atoms with E-state index in [-0.39, 0.29) is 69.7 Å². The molecule has 48 heteroatoms. The smallest absolute Gasteiger partial charge is 0.326 e. The maximum Gasteiger partial charge on any atom is 0.326 e. The summed E-state index contributed by atoms with van der Waals surface area (Å²) in [5, 5.41) is 104. The van der Waals surface area contributed by atoms with Gasteiger partial charge in [0, 0.05) is 56.3 Å². The number of likely N-dealkylation sites (tertiary alicyclic amines) is 1. The number of rotatable bonds is 56. The number of thiol groups is 2. The molecule has 2 aromatic rings. The van der Waals surface area contributed by atoms with E-state index in [9.17, 15) is 112 Å². The molecule has 5 unspecified atom stereocenters. The highest BCUT2D eigenvalue weighted by atomic mass is 32.1. The Labute approximate surface area is 732 Å². The first-order chi connectivity index (χ1) is 58.9. The highest BCUT2D eigenvalue weighted by Gasteiger charge is 2.44. The number of amides is 16. The zero-order valence-corrected chi connectivity index (χ0v) is 72.3. The van der Waals surface area contributed by atoms with Crippen LogP contribution in [0.1, 0.15) is 124 Å².